The van der Waals surface area contributed by atoms with E-state index in [-0.39, 0.29) is 51.2 Å². The van der Waals surface area contributed by atoms with Crippen molar-refractivity contribution in [1.29, 1.82) is 0 Å². The summed E-state index contributed by atoms with van der Waals surface area (Å²) in [6, 6.07) is -0.925. The quantitative estimate of drug-likeness (QED) is 0.129. The lowest BCUT2D eigenvalue weighted by Gasteiger charge is -2.18. The van der Waals surface area contributed by atoms with Crippen molar-refractivity contribution in [1.82, 2.24) is 21.3 Å². The zero-order valence-electron chi connectivity index (χ0n) is 23.1. The molecule has 0 aliphatic heterocycles. The molecule has 0 rings (SSSR count). The van der Waals surface area contributed by atoms with Crippen molar-refractivity contribution in [2.45, 2.75) is 39.2 Å². The van der Waals surface area contributed by atoms with Gasteiger partial charge < -0.3 is 49.7 Å². The molecule has 4 amide bonds. The first-order valence-corrected chi connectivity index (χ1v) is 12.8. The van der Waals surface area contributed by atoms with Crippen molar-refractivity contribution >= 4 is 24.0 Å². The molecule has 0 aromatic heterocycles. The monoisotopic (exact) mass is 550 g/mol. The molecule has 0 aromatic carbocycles. The Morgan fingerprint density at radius 2 is 1.26 bits per heavy atom. The molecule has 0 bridgehead atoms. The number of alkyl carbamates (subject to hydrolysis) is 2. The Hall–Kier alpha value is -2.68. The molecule has 38 heavy (non-hydrogen) atoms. The molecule has 222 valence electrons. The van der Waals surface area contributed by atoms with Crippen LogP contribution in [0.4, 0.5) is 9.59 Å². The Kier molecular flexibility index (Phi) is 22.9. The maximum Gasteiger partial charge on any atom is 0.407 e. The summed E-state index contributed by atoms with van der Waals surface area (Å²) in [5.41, 5.74) is 0. The molecule has 1 unspecified atom stereocenters. The predicted octanol–water partition coefficient (Wildman–Crippen LogP) is 0.192. The van der Waals surface area contributed by atoms with Gasteiger partial charge in [0.15, 0.2) is 0 Å². The lowest BCUT2D eigenvalue weighted by molar-refractivity contribution is -0.127. The average Bonchev–Trinajstić information content (AvgIpc) is 2.89. The zero-order valence-corrected chi connectivity index (χ0v) is 23.1. The van der Waals surface area contributed by atoms with E-state index < -0.39 is 24.1 Å². The molecule has 0 heterocycles. The summed E-state index contributed by atoms with van der Waals surface area (Å²) >= 11 is 0. The second kappa shape index (κ2) is 24.6. The van der Waals surface area contributed by atoms with Crippen molar-refractivity contribution in [2.75, 3.05) is 86.7 Å². The van der Waals surface area contributed by atoms with Crippen LogP contribution >= 0.6 is 0 Å². The van der Waals surface area contributed by atoms with Crippen LogP contribution in [0.1, 0.15) is 33.1 Å². The van der Waals surface area contributed by atoms with Gasteiger partial charge in [0.2, 0.25) is 11.8 Å². The van der Waals surface area contributed by atoms with Gasteiger partial charge in [-0.25, -0.2) is 9.59 Å². The number of hydrogen-bond acceptors (Lipinski definition) is 10. The van der Waals surface area contributed by atoms with Gasteiger partial charge in [-0.3, -0.25) is 9.59 Å². The van der Waals surface area contributed by atoms with E-state index in [1.807, 2.05) is 13.8 Å². The van der Waals surface area contributed by atoms with Gasteiger partial charge in [-0.15, -0.1) is 0 Å². The molecule has 0 radical (unpaired) electrons. The number of rotatable bonds is 23. The van der Waals surface area contributed by atoms with Crippen LogP contribution in [0.15, 0.2) is 0 Å². The number of carbonyl (C=O) groups is 4. The van der Waals surface area contributed by atoms with Crippen molar-refractivity contribution in [2.24, 2.45) is 5.92 Å². The molecule has 0 spiro atoms. The zero-order chi connectivity index (χ0) is 28.4. The SMILES string of the molecule is COCCOCCOC(=O)NCCCCC(NC(=O)OCCOCCOC)C(=O)NCC(=O)NCC(C)C. The fourth-order valence-electron chi connectivity index (χ4n) is 2.71. The van der Waals surface area contributed by atoms with Crippen LogP contribution in [0.3, 0.4) is 0 Å². The van der Waals surface area contributed by atoms with E-state index in [0.717, 1.165) is 0 Å². The highest BCUT2D eigenvalue weighted by Gasteiger charge is 2.21. The van der Waals surface area contributed by atoms with Crippen molar-refractivity contribution in [3.63, 3.8) is 0 Å². The fourth-order valence-corrected chi connectivity index (χ4v) is 2.71. The van der Waals surface area contributed by atoms with Crippen LogP contribution in [0.5, 0.6) is 0 Å². The maximum atomic E-state index is 12.6. The molecule has 1 atom stereocenters. The number of methoxy groups -OCH3 is 2. The molecule has 0 aromatic rings. The van der Waals surface area contributed by atoms with Gasteiger partial charge in [-0.2, -0.15) is 0 Å². The average molecular weight is 551 g/mol. The summed E-state index contributed by atoms with van der Waals surface area (Å²) < 4.78 is 30.2. The number of amides is 4. The Balaban J connectivity index is 4.43. The maximum absolute atomic E-state index is 12.6. The largest absolute Gasteiger partial charge is 0.447 e. The number of unbranched alkanes of at least 4 members (excludes halogenated alkanes) is 1. The van der Waals surface area contributed by atoms with E-state index >= 15 is 0 Å². The minimum absolute atomic E-state index is 0.00491. The van der Waals surface area contributed by atoms with Crippen LogP contribution in [0.2, 0.25) is 0 Å². The summed E-state index contributed by atoms with van der Waals surface area (Å²) in [7, 11) is 3.12. The van der Waals surface area contributed by atoms with Crippen LogP contribution in [-0.2, 0) is 38.0 Å². The first-order chi connectivity index (χ1) is 18.3. The molecule has 0 fully saturated rings. The summed E-state index contributed by atoms with van der Waals surface area (Å²) in [5.74, 6) is -0.565. The second-order valence-corrected chi connectivity index (χ2v) is 8.52. The third kappa shape index (κ3) is 22.5. The van der Waals surface area contributed by atoms with Gasteiger partial charge in [-0.1, -0.05) is 13.8 Å². The summed E-state index contributed by atoms with van der Waals surface area (Å²) in [5, 5.41) is 10.4. The van der Waals surface area contributed by atoms with Crippen LogP contribution < -0.4 is 21.3 Å². The molecule has 14 nitrogen and oxygen atoms in total. The number of ether oxygens (including phenoxy) is 6. The molecule has 0 saturated heterocycles. The number of nitrogens with one attached hydrogen (secondary N) is 4. The Labute approximate surface area is 225 Å². The Morgan fingerprint density at radius 1 is 0.684 bits per heavy atom. The van der Waals surface area contributed by atoms with Gasteiger partial charge in [0.1, 0.15) is 19.3 Å². The van der Waals surface area contributed by atoms with Gasteiger partial charge in [0.25, 0.3) is 0 Å². The van der Waals surface area contributed by atoms with E-state index in [4.69, 9.17) is 28.4 Å². The summed E-state index contributed by atoms with van der Waals surface area (Å²) in [4.78, 5) is 48.4. The number of carbonyl (C=O) groups excluding carboxylic acids is 4. The third-order valence-electron chi connectivity index (χ3n) is 4.71. The third-order valence-corrected chi connectivity index (χ3v) is 4.71. The van der Waals surface area contributed by atoms with Gasteiger partial charge in [0, 0.05) is 27.3 Å². The van der Waals surface area contributed by atoms with E-state index in [1.54, 1.807) is 14.2 Å². The van der Waals surface area contributed by atoms with Crippen molar-refractivity contribution < 1.29 is 47.6 Å². The van der Waals surface area contributed by atoms with E-state index in [1.165, 1.54) is 0 Å². The molecule has 4 N–H and O–H groups in total. The van der Waals surface area contributed by atoms with Crippen LogP contribution in [-0.4, -0.2) is 117 Å². The molecule has 0 saturated carbocycles. The van der Waals surface area contributed by atoms with E-state index in [2.05, 4.69) is 21.3 Å². The standard InChI is InChI=1S/C24H46N4O10/c1-19(2)17-26-21(29)18-27-22(30)20(28-24(32)38-16-14-36-12-10-34-4)7-5-6-8-25-23(31)37-15-13-35-11-9-33-3/h19-20H,5-18H2,1-4H3,(H,25,31)(H,26,29)(H,27,30)(H,28,32). The van der Waals surface area contributed by atoms with Crippen molar-refractivity contribution in [3.8, 4) is 0 Å². The highest BCUT2D eigenvalue weighted by Crippen LogP contribution is 2.02. The minimum Gasteiger partial charge on any atom is -0.447 e. The minimum atomic E-state index is -0.925. The lowest BCUT2D eigenvalue weighted by atomic mass is 10.1. The van der Waals surface area contributed by atoms with Gasteiger partial charge >= 0.3 is 12.2 Å². The Bertz CT molecular complexity index is 652. The predicted molar refractivity (Wildman–Crippen MR) is 138 cm³/mol. The van der Waals surface area contributed by atoms with E-state index in [9.17, 15) is 19.2 Å². The van der Waals surface area contributed by atoms with Crippen molar-refractivity contribution in [3.05, 3.63) is 0 Å². The van der Waals surface area contributed by atoms with Gasteiger partial charge in [-0.05, 0) is 25.2 Å². The first kappa shape index (κ1) is 35.3. The summed E-state index contributed by atoms with van der Waals surface area (Å²) in [6.07, 6.45) is -0.0561. The van der Waals surface area contributed by atoms with E-state index in [0.29, 0.717) is 52.4 Å². The molecular formula is C24H46N4O10. The normalized spacial score (nSPS) is 11.5. The van der Waals surface area contributed by atoms with Crippen LogP contribution in [0, 0.1) is 5.92 Å². The Morgan fingerprint density at radius 3 is 1.84 bits per heavy atom. The fraction of sp³-hybridized carbons (Fsp3) is 0.833. The topological polar surface area (TPSA) is 172 Å². The highest BCUT2D eigenvalue weighted by molar-refractivity contribution is 5.89. The molecular weight excluding hydrogens is 504 g/mol. The summed E-state index contributed by atoms with van der Waals surface area (Å²) in [6.45, 7) is 6.77. The smallest absolute Gasteiger partial charge is 0.407 e. The molecule has 0 aliphatic rings. The molecule has 14 heteroatoms. The number of hydrogen-bond donors (Lipinski definition) is 4. The van der Waals surface area contributed by atoms with Crippen LogP contribution in [0.25, 0.3) is 0 Å². The second-order valence-electron chi connectivity index (χ2n) is 8.52. The molecule has 0 aliphatic carbocycles. The first-order valence-electron chi connectivity index (χ1n) is 12.8. The lowest BCUT2D eigenvalue weighted by Crippen LogP contribution is -2.49. The van der Waals surface area contributed by atoms with Gasteiger partial charge in [0.05, 0.1) is 46.2 Å². The highest BCUT2D eigenvalue weighted by atomic mass is 16.6.